The molecule has 6 heteroatoms. The number of aryl methyl sites for hydroxylation is 1. The number of aliphatic hydroxyl groups excluding tert-OH is 1. The fraction of sp³-hybridized carbons (Fsp3) is 0.714. The zero-order valence-electron chi connectivity index (χ0n) is 12.4. The van der Waals surface area contributed by atoms with E-state index in [9.17, 15) is 9.90 Å². The third kappa shape index (κ3) is 2.23. The molecule has 2 atom stereocenters. The molecule has 112 valence electrons. The molecule has 0 spiro atoms. The summed E-state index contributed by atoms with van der Waals surface area (Å²) in [7, 11) is 0. The quantitative estimate of drug-likeness (QED) is 0.849. The standard InChI is InChI=1S/C14H22N2O4/c1-5-19-11-7-14(8-17,13(11,3)4)15-12(18)10-6-9(2)20-16-10/h6,11,17H,5,7-8H2,1-4H3,(H,15,18)/t11-,14-/m1/s1. The van der Waals surface area contributed by atoms with Gasteiger partial charge >= 0.3 is 0 Å². The molecule has 1 fully saturated rings. The van der Waals surface area contributed by atoms with Crippen LogP contribution in [-0.4, -0.2) is 41.0 Å². The molecule has 0 unspecified atom stereocenters. The summed E-state index contributed by atoms with van der Waals surface area (Å²) >= 11 is 0. The molecule has 6 nitrogen and oxygen atoms in total. The highest BCUT2D eigenvalue weighted by Crippen LogP contribution is 2.51. The van der Waals surface area contributed by atoms with Gasteiger partial charge in [-0.05, 0) is 13.8 Å². The predicted molar refractivity (Wildman–Crippen MR) is 72.3 cm³/mol. The lowest BCUT2D eigenvalue weighted by atomic mass is 9.54. The van der Waals surface area contributed by atoms with E-state index in [1.54, 1.807) is 13.0 Å². The Morgan fingerprint density at radius 2 is 2.35 bits per heavy atom. The van der Waals surface area contributed by atoms with Crippen LogP contribution in [-0.2, 0) is 4.74 Å². The van der Waals surface area contributed by atoms with E-state index in [0.29, 0.717) is 18.8 Å². The van der Waals surface area contributed by atoms with Gasteiger partial charge in [-0.15, -0.1) is 0 Å². The predicted octanol–water partition coefficient (Wildman–Crippen LogP) is 1.28. The maximum Gasteiger partial charge on any atom is 0.274 e. The Balaban J connectivity index is 2.12. The van der Waals surface area contributed by atoms with Crippen LogP contribution in [0.2, 0.25) is 0 Å². The zero-order valence-corrected chi connectivity index (χ0v) is 12.4. The number of nitrogens with one attached hydrogen (secondary N) is 1. The normalized spacial score (nSPS) is 27.9. The molecule has 0 aromatic carbocycles. The Bertz CT molecular complexity index is 497. The third-order valence-corrected chi connectivity index (χ3v) is 4.42. The summed E-state index contributed by atoms with van der Waals surface area (Å²) in [6, 6.07) is 1.58. The van der Waals surface area contributed by atoms with E-state index in [2.05, 4.69) is 10.5 Å². The number of ether oxygens (including phenoxy) is 1. The lowest BCUT2D eigenvalue weighted by molar-refractivity contribution is -0.172. The second-order valence-electron chi connectivity index (χ2n) is 5.89. The van der Waals surface area contributed by atoms with Crippen LogP contribution in [0, 0.1) is 12.3 Å². The van der Waals surface area contributed by atoms with Crippen molar-refractivity contribution in [2.75, 3.05) is 13.2 Å². The Hall–Kier alpha value is -1.40. The number of hydrogen-bond acceptors (Lipinski definition) is 5. The molecule has 0 saturated heterocycles. The van der Waals surface area contributed by atoms with E-state index < -0.39 is 5.54 Å². The molecule has 0 radical (unpaired) electrons. The van der Waals surface area contributed by atoms with Crippen molar-refractivity contribution in [3.05, 3.63) is 17.5 Å². The molecular formula is C14H22N2O4. The minimum Gasteiger partial charge on any atom is -0.394 e. The number of nitrogens with zero attached hydrogens (tertiary/aromatic N) is 1. The molecule has 1 aromatic heterocycles. The fourth-order valence-electron chi connectivity index (χ4n) is 2.75. The third-order valence-electron chi connectivity index (χ3n) is 4.42. The van der Waals surface area contributed by atoms with Crippen molar-refractivity contribution in [2.24, 2.45) is 5.41 Å². The first-order valence-electron chi connectivity index (χ1n) is 6.84. The topological polar surface area (TPSA) is 84.6 Å². The maximum atomic E-state index is 12.2. The van der Waals surface area contributed by atoms with Crippen molar-refractivity contribution in [3.8, 4) is 0 Å². The van der Waals surface area contributed by atoms with Gasteiger partial charge in [0.15, 0.2) is 5.69 Å². The smallest absolute Gasteiger partial charge is 0.274 e. The van der Waals surface area contributed by atoms with E-state index in [4.69, 9.17) is 9.26 Å². The van der Waals surface area contributed by atoms with E-state index in [1.165, 1.54) is 0 Å². The van der Waals surface area contributed by atoms with Crippen molar-refractivity contribution < 1.29 is 19.2 Å². The lowest BCUT2D eigenvalue weighted by Gasteiger charge is -2.60. The summed E-state index contributed by atoms with van der Waals surface area (Å²) in [6.07, 6.45) is 0.617. The monoisotopic (exact) mass is 282 g/mol. The summed E-state index contributed by atoms with van der Waals surface area (Å²) in [5, 5.41) is 16.3. The average molecular weight is 282 g/mol. The van der Waals surface area contributed by atoms with E-state index in [-0.39, 0.29) is 29.7 Å². The number of rotatable bonds is 5. The minimum atomic E-state index is -0.684. The second kappa shape index (κ2) is 5.18. The second-order valence-corrected chi connectivity index (χ2v) is 5.89. The SMILES string of the molecule is CCO[C@@H]1C[C@](CO)(NC(=O)c2cc(C)on2)C1(C)C. The van der Waals surface area contributed by atoms with Crippen molar-refractivity contribution in [2.45, 2.75) is 45.8 Å². The van der Waals surface area contributed by atoms with Crippen LogP contribution >= 0.6 is 0 Å². The van der Waals surface area contributed by atoms with E-state index >= 15 is 0 Å². The van der Waals surface area contributed by atoms with Crippen LogP contribution in [0.5, 0.6) is 0 Å². The van der Waals surface area contributed by atoms with Gasteiger partial charge in [-0.25, -0.2) is 0 Å². The molecule has 1 aromatic rings. The number of carbonyl (C=O) groups is 1. The van der Waals surface area contributed by atoms with Crippen LogP contribution in [0.25, 0.3) is 0 Å². The first-order valence-corrected chi connectivity index (χ1v) is 6.84. The molecule has 20 heavy (non-hydrogen) atoms. The molecule has 0 aliphatic heterocycles. The number of hydrogen-bond donors (Lipinski definition) is 2. The highest BCUT2D eigenvalue weighted by atomic mass is 16.5. The van der Waals surface area contributed by atoms with E-state index in [1.807, 2.05) is 20.8 Å². The van der Waals surface area contributed by atoms with Gasteiger partial charge in [0.1, 0.15) is 5.76 Å². The molecule has 2 rings (SSSR count). The average Bonchev–Trinajstić information content (AvgIpc) is 2.83. The summed E-state index contributed by atoms with van der Waals surface area (Å²) in [5.41, 5.74) is -0.797. The zero-order chi connectivity index (χ0) is 15.0. The van der Waals surface area contributed by atoms with Gasteiger partial charge in [0.25, 0.3) is 5.91 Å². The summed E-state index contributed by atoms with van der Waals surface area (Å²) in [4.78, 5) is 12.2. The highest BCUT2D eigenvalue weighted by Gasteiger charge is 2.61. The Kier molecular flexibility index (Phi) is 3.88. The van der Waals surface area contributed by atoms with Crippen LogP contribution in [0.15, 0.2) is 10.6 Å². The van der Waals surface area contributed by atoms with Crippen molar-refractivity contribution >= 4 is 5.91 Å². The first-order chi connectivity index (χ1) is 9.36. The summed E-state index contributed by atoms with van der Waals surface area (Å²) in [5.74, 6) is 0.243. The molecule has 1 heterocycles. The van der Waals surface area contributed by atoms with Crippen molar-refractivity contribution in [1.82, 2.24) is 10.5 Å². The lowest BCUT2D eigenvalue weighted by Crippen LogP contribution is -2.74. The van der Waals surface area contributed by atoms with Crippen LogP contribution in [0.4, 0.5) is 0 Å². The maximum absolute atomic E-state index is 12.2. The van der Waals surface area contributed by atoms with Gasteiger partial charge < -0.3 is 19.7 Å². The molecule has 1 aliphatic rings. The molecule has 0 bridgehead atoms. The van der Waals surface area contributed by atoms with Crippen molar-refractivity contribution in [1.29, 1.82) is 0 Å². The molecule has 1 aliphatic carbocycles. The van der Waals surface area contributed by atoms with Crippen molar-refractivity contribution in [3.63, 3.8) is 0 Å². The highest BCUT2D eigenvalue weighted by molar-refractivity contribution is 5.93. The van der Waals surface area contributed by atoms with Crippen LogP contribution in [0.1, 0.15) is 43.4 Å². The Labute approximate surface area is 118 Å². The molecular weight excluding hydrogens is 260 g/mol. The van der Waals surface area contributed by atoms with E-state index in [0.717, 1.165) is 0 Å². The van der Waals surface area contributed by atoms with Gasteiger partial charge in [-0.1, -0.05) is 19.0 Å². The minimum absolute atomic E-state index is 0.0268. The molecule has 1 saturated carbocycles. The van der Waals surface area contributed by atoms with Gasteiger partial charge in [0, 0.05) is 24.5 Å². The number of aliphatic hydroxyl groups is 1. The molecule has 2 N–H and O–H groups in total. The van der Waals surface area contributed by atoms with Crippen LogP contribution < -0.4 is 5.32 Å². The number of aromatic nitrogens is 1. The number of amides is 1. The Morgan fingerprint density at radius 1 is 1.65 bits per heavy atom. The van der Waals surface area contributed by atoms with Gasteiger partial charge in [-0.2, -0.15) is 0 Å². The Morgan fingerprint density at radius 3 is 2.80 bits per heavy atom. The largest absolute Gasteiger partial charge is 0.394 e. The van der Waals surface area contributed by atoms with Crippen LogP contribution in [0.3, 0.4) is 0 Å². The van der Waals surface area contributed by atoms with Gasteiger partial charge in [0.05, 0.1) is 18.2 Å². The molecule has 1 amide bonds. The summed E-state index contributed by atoms with van der Waals surface area (Å²) in [6.45, 7) is 8.12. The first kappa shape index (κ1) is 15.0. The summed E-state index contributed by atoms with van der Waals surface area (Å²) < 4.78 is 10.5. The number of carbonyl (C=O) groups excluding carboxylic acids is 1. The van der Waals surface area contributed by atoms with Gasteiger partial charge in [-0.3, -0.25) is 4.79 Å². The van der Waals surface area contributed by atoms with Gasteiger partial charge in [0.2, 0.25) is 0 Å². The fourth-order valence-corrected chi connectivity index (χ4v) is 2.75.